The fraction of sp³-hybridized carbons (Fsp3) is 0.0769. The van der Waals surface area contributed by atoms with Crippen LogP contribution in [0, 0.1) is 0 Å². The van der Waals surface area contributed by atoms with Crippen LogP contribution in [0.3, 0.4) is 0 Å². The standard InChI is InChI=1S/C13H9Cl2NO2/c14-12-5-16-6-13(15)11(12)8-18-10-3-1-9(7-17)2-4-10/h1-7H,8H2. The van der Waals surface area contributed by atoms with Gasteiger partial charge in [0.25, 0.3) is 0 Å². The molecule has 0 amide bonds. The van der Waals surface area contributed by atoms with Gasteiger partial charge in [-0.2, -0.15) is 0 Å². The van der Waals surface area contributed by atoms with E-state index in [4.69, 9.17) is 27.9 Å². The molecule has 2 rings (SSSR count). The van der Waals surface area contributed by atoms with E-state index in [-0.39, 0.29) is 6.61 Å². The van der Waals surface area contributed by atoms with Gasteiger partial charge >= 0.3 is 0 Å². The number of hydrogen-bond acceptors (Lipinski definition) is 3. The van der Waals surface area contributed by atoms with E-state index >= 15 is 0 Å². The van der Waals surface area contributed by atoms with E-state index in [1.165, 1.54) is 12.4 Å². The van der Waals surface area contributed by atoms with Crippen LogP contribution in [0.1, 0.15) is 15.9 Å². The third kappa shape index (κ3) is 3.00. The summed E-state index contributed by atoms with van der Waals surface area (Å²) in [5.74, 6) is 0.643. The fourth-order valence-corrected chi connectivity index (χ4v) is 1.85. The van der Waals surface area contributed by atoms with Crippen molar-refractivity contribution < 1.29 is 9.53 Å². The lowest BCUT2D eigenvalue weighted by Crippen LogP contribution is -1.98. The van der Waals surface area contributed by atoms with Gasteiger partial charge in [0.05, 0.1) is 10.0 Å². The van der Waals surface area contributed by atoms with Crippen LogP contribution in [0.5, 0.6) is 5.75 Å². The second-order valence-corrected chi connectivity index (χ2v) is 4.37. The molecule has 1 aromatic heterocycles. The summed E-state index contributed by atoms with van der Waals surface area (Å²) in [6.45, 7) is 0.251. The van der Waals surface area contributed by atoms with Gasteiger partial charge < -0.3 is 4.74 Å². The Morgan fingerprint density at radius 2 is 1.72 bits per heavy atom. The van der Waals surface area contributed by atoms with Crippen molar-refractivity contribution >= 4 is 29.5 Å². The summed E-state index contributed by atoms with van der Waals surface area (Å²) in [7, 11) is 0. The topological polar surface area (TPSA) is 39.2 Å². The van der Waals surface area contributed by atoms with Gasteiger partial charge in [-0.05, 0) is 24.3 Å². The second kappa shape index (κ2) is 5.85. The minimum absolute atomic E-state index is 0.251. The number of carbonyl (C=O) groups is 1. The van der Waals surface area contributed by atoms with E-state index in [9.17, 15) is 4.79 Å². The number of nitrogens with zero attached hydrogens (tertiary/aromatic N) is 1. The van der Waals surface area contributed by atoms with Crippen molar-refractivity contribution in [3.05, 3.63) is 57.8 Å². The maximum atomic E-state index is 10.5. The van der Waals surface area contributed by atoms with Gasteiger partial charge in [-0.1, -0.05) is 23.2 Å². The molecule has 18 heavy (non-hydrogen) atoms. The molecular weight excluding hydrogens is 273 g/mol. The third-order valence-corrected chi connectivity index (χ3v) is 3.00. The molecule has 2 aromatic rings. The van der Waals surface area contributed by atoms with Gasteiger partial charge in [0.1, 0.15) is 18.6 Å². The maximum absolute atomic E-state index is 10.5. The first kappa shape index (κ1) is 12.9. The Morgan fingerprint density at radius 3 is 2.28 bits per heavy atom. The Morgan fingerprint density at radius 1 is 1.11 bits per heavy atom. The number of aldehydes is 1. The Balaban J connectivity index is 2.09. The van der Waals surface area contributed by atoms with Crippen LogP contribution < -0.4 is 4.74 Å². The van der Waals surface area contributed by atoms with Crippen LogP contribution in [0.25, 0.3) is 0 Å². The lowest BCUT2D eigenvalue weighted by Gasteiger charge is -2.09. The van der Waals surface area contributed by atoms with Crippen molar-refractivity contribution in [3.8, 4) is 5.75 Å². The van der Waals surface area contributed by atoms with Crippen LogP contribution in [-0.2, 0) is 6.61 Å². The Hall–Kier alpha value is -1.58. The van der Waals surface area contributed by atoms with Crippen molar-refractivity contribution in [2.75, 3.05) is 0 Å². The quantitative estimate of drug-likeness (QED) is 0.801. The van der Waals surface area contributed by atoms with E-state index in [0.29, 0.717) is 26.9 Å². The smallest absolute Gasteiger partial charge is 0.150 e. The summed E-state index contributed by atoms with van der Waals surface area (Å²) in [4.78, 5) is 14.4. The predicted molar refractivity (Wildman–Crippen MR) is 70.4 cm³/mol. The van der Waals surface area contributed by atoms with Gasteiger partial charge in [-0.25, -0.2) is 0 Å². The summed E-state index contributed by atoms with van der Waals surface area (Å²) in [5, 5.41) is 0.930. The zero-order valence-corrected chi connectivity index (χ0v) is 10.8. The molecule has 0 N–H and O–H groups in total. The zero-order valence-electron chi connectivity index (χ0n) is 9.27. The summed E-state index contributed by atoms with van der Waals surface area (Å²) in [6.07, 6.45) is 3.81. The van der Waals surface area contributed by atoms with Gasteiger partial charge in [0.15, 0.2) is 0 Å². The van der Waals surface area contributed by atoms with E-state index < -0.39 is 0 Å². The van der Waals surface area contributed by atoms with Crippen molar-refractivity contribution in [1.29, 1.82) is 0 Å². The highest BCUT2D eigenvalue weighted by Crippen LogP contribution is 2.24. The molecule has 0 fully saturated rings. The molecule has 0 bridgehead atoms. The SMILES string of the molecule is O=Cc1ccc(OCc2c(Cl)cncc2Cl)cc1. The number of aromatic nitrogens is 1. The van der Waals surface area contributed by atoms with E-state index in [1.807, 2.05) is 0 Å². The molecule has 1 aromatic carbocycles. The Bertz CT molecular complexity index is 535. The van der Waals surface area contributed by atoms with Crippen LogP contribution in [0.4, 0.5) is 0 Å². The molecule has 0 spiro atoms. The molecule has 5 heteroatoms. The van der Waals surface area contributed by atoms with Crippen molar-refractivity contribution in [3.63, 3.8) is 0 Å². The largest absolute Gasteiger partial charge is 0.489 e. The number of benzene rings is 1. The first-order chi connectivity index (χ1) is 8.70. The molecular formula is C13H9Cl2NO2. The lowest BCUT2D eigenvalue weighted by atomic mass is 10.2. The molecule has 0 aliphatic heterocycles. The van der Waals surface area contributed by atoms with Gasteiger partial charge in [-0.3, -0.25) is 9.78 Å². The highest BCUT2D eigenvalue weighted by molar-refractivity contribution is 6.35. The minimum Gasteiger partial charge on any atom is -0.489 e. The number of halogens is 2. The normalized spacial score (nSPS) is 10.1. The van der Waals surface area contributed by atoms with Crippen LogP contribution in [0.15, 0.2) is 36.7 Å². The van der Waals surface area contributed by atoms with Crippen LogP contribution in [-0.4, -0.2) is 11.3 Å². The molecule has 1 heterocycles. The molecule has 0 radical (unpaired) electrons. The first-order valence-electron chi connectivity index (χ1n) is 5.16. The Kier molecular flexibility index (Phi) is 4.18. The van der Waals surface area contributed by atoms with Gasteiger partial charge in [-0.15, -0.1) is 0 Å². The van der Waals surface area contributed by atoms with E-state index in [2.05, 4.69) is 4.98 Å². The third-order valence-electron chi connectivity index (χ3n) is 2.35. The number of hydrogen-bond donors (Lipinski definition) is 0. The van der Waals surface area contributed by atoms with Gasteiger partial charge in [0.2, 0.25) is 0 Å². The first-order valence-corrected chi connectivity index (χ1v) is 5.92. The molecule has 0 saturated heterocycles. The average Bonchev–Trinajstić information content (AvgIpc) is 2.39. The van der Waals surface area contributed by atoms with Gasteiger partial charge in [0, 0.05) is 23.5 Å². The highest BCUT2D eigenvalue weighted by Gasteiger charge is 2.06. The van der Waals surface area contributed by atoms with Crippen molar-refractivity contribution in [1.82, 2.24) is 4.98 Å². The number of rotatable bonds is 4. The molecule has 0 saturated carbocycles. The Labute approximate surface area is 114 Å². The summed E-state index contributed by atoms with van der Waals surface area (Å²) in [6, 6.07) is 6.79. The van der Waals surface area contributed by atoms with Crippen LogP contribution in [0.2, 0.25) is 10.0 Å². The number of ether oxygens (including phenoxy) is 1. The molecule has 3 nitrogen and oxygen atoms in total. The van der Waals surface area contributed by atoms with Crippen molar-refractivity contribution in [2.24, 2.45) is 0 Å². The van der Waals surface area contributed by atoms with E-state index in [0.717, 1.165) is 6.29 Å². The highest BCUT2D eigenvalue weighted by atomic mass is 35.5. The second-order valence-electron chi connectivity index (χ2n) is 3.56. The summed E-state index contributed by atoms with van der Waals surface area (Å²) < 4.78 is 5.54. The van der Waals surface area contributed by atoms with E-state index in [1.54, 1.807) is 24.3 Å². The predicted octanol–water partition coefficient (Wildman–Crippen LogP) is 3.78. The zero-order chi connectivity index (χ0) is 13.0. The number of carbonyl (C=O) groups excluding carboxylic acids is 1. The maximum Gasteiger partial charge on any atom is 0.150 e. The lowest BCUT2D eigenvalue weighted by molar-refractivity contribution is 0.112. The minimum atomic E-state index is 0.251. The average molecular weight is 282 g/mol. The molecule has 0 atom stereocenters. The number of pyridine rings is 1. The molecule has 0 unspecified atom stereocenters. The monoisotopic (exact) mass is 281 g/mol. The molecule has 92 valence electrons. The fourth-order valence-electron chi connectivity index (χ4n) is 1.37. The van der Waals surface area contributed by atoms with Crippen molar-refractivity contribution in [2.45, 2.75) is 6.61 Å². The molecule has 0 aliphatic carbocycles. The van der Waals surface area contributed by atoms with Crippen LogP contribution >= 0.6 is 23.2 Å². The summed E-state index contributed by atoms with van der Waals surface area (Å²) in [5.41, 5.74) is 1.29. The molecule has 0 aliphatic rings. The summed E-state index contributed by atoms with van der Waals surface area (Å²) >= 11 is 11.9.